The van der Waals surface area contributed by atoms with Gasteiger partial charge in [0.2, 0.25) is 0 Å². The Balaban J connectivity index is 6.50. The highest BCUT2D eigenvalue weighted by atomic mass is 35.8. The largest absolute Gasteiger partial charge is 0.424 e. The van der Waals surface area contributed by atoms with Crippen LogP contribution in [0.5, 0.6) is 0 Å². The second-order valence-corrected chi connectivity index (χ2v) is 13.7. The second kappa shape index (κ2) is 7.53. The van der Waals surface area contributed by atoms with Crippen LogP contribution in [0.1, 0.15) is 6.42 Å². The second-order valence-electron chi connectivity index (χ2n) is 5.28. The summed E-state index contributed by atoms with van der Waals surface area (Å²) >= 11 is 13.0. The van der Waals surface area contributed by atoms with E-state index in [4.69, 9.17) is 0 Å². The SMILES string of the molecule is FC(CC(F)(F)F)C(F)(F)C(F)(F)C(F)(F)C(F)(F)C(F)(F)C(F)(F)[Si](Cl)(Cl)Cl. The molecule has 0 amide bonds. The smallest absolute Gasteiger partial charge is 0.240 e. The maximum Gasteiger partial charge on any atom is 0.424 e. The quantitative estimate of drug-likeness (QED) is 0.170. The van der Waals surface area contributed by atoms with Crippen molar-refractivity contribution in [2.45, 2.75) is 53.9 Å². The predicted octanol–water partition coefficient (Wildman–Crippen LogP) is 7.28. The summed E-state index contributed by atoms with van der Waals surface area (Å²) in [4.78, 5) is 0. The molecule has 0 aromatic heterocycles. The molecule has 0 N–H and O–H groups in total. The molecule has 1 unspecified atom stereocenters. The molecule has 0 saturated carbocycles. The summed E-state index contributed by atoms with van der Waals surface area (Å²) in [5.74, 6) is -39.6. The van der Waals surface area contributed by atoms with Gasteiger partial charge in [0.1, 0.15) is 0 Å². The first-order valence-corrected chi connectivity index (χ1v) is 11.2. The van der Waals surface area contributed by atoms with Gasteiger partial charge in [-0.05, 0) is 0 Å². The number of halogens is 19. The molecular formula is C9H3Cl3F16Si. The maximum atomic E-state index is 13.3. The van der Waals surface area contributed by atoms with Crippen LogP contribution in [0.4, 0.5) is 70.2 Å². The van der Waals surface area contributed by atoms with Crippen molar-refractivity contribution in [1.82, 2.24) is 0 Å². The van der Waals surface area contributed by atoms with Crippen LogP contribution >= 0.6 is 33.2 Å². The molecule has 176 valence electrons. The molecule has 20 heteroatoms. The molecule has 0 bridgehead atoms. The Kier molecular flexibility index (Phi) is 7.52. The van der Waals surface area contributed by atoms with Crippen LogP contribution in [-0.4, -0.2) is 53.5 Å². The fourth-order valence-corrected chi connectivity index (χ4v) is 3.09. The Labute approximate surface area is 164 Å². The summed E-state index contributed by atoms with van der Waals surface area (Å²) in [6, 6.07) is -6.50. The van der Waals surface area contributed by atoms with Crippen molar-refractivity contribution in [3.8, 4) is 0 Å². The van der Waals surface area contributed by atoms with E-state index in [2.05, 4.69) is 33.2 Å². The van der Waals surface area contributed by atoms with Crippen LogP contribution in [0, 0.1) is 0 Å². The zero-order valence-corrected chi connectivity index (χ0v) is 15.7. The van der Waals surface area contributed by atoms with E-state index < -0.39 is 59.9 Å². The average Bonchev–Trinajstić information content (AvgIpc) is 2.42. The number of hydrogen-bond donors (Lipinski definition) is 0. The summed E-state index contributed by atoms with van der Waals surface area (Å²) in [6.45, 7) is 0. The van der Waals surface area contributed by atoms with Crippen molar-refractivity contribution in [3.63, 3.8) is 0 Å². The van der Waals surface area contributed by atoms with E-state index in [1.54, 1.807) is 0 Å². The van der Waals surface area contributed by atoms with E-state index in [9.17, 15) is 70.2 Å². The van der Waals surface area contributed by atoms with Crippen LogP contribution in [0.15, 0.2) is 0 Å². The van der Waals surface area contributed by atoms with Crippen LogP contribution in [0.25, 0.3) is 0 Å². The zero-order chi connectivity index (χ0) is 24.3. The molecule has 1 atom stereocenters. The maximum absolute atomic E-state index is 13.3. The first-order valence-electron chi connectivity index (χ1n) is 6.17. The summed E-state index contributed by atoms with van der Waals surface area (Å²) < 4.78 is 208. The minimum Gasteiger partial charge on any atom is -0.240 e. The molecule has 0 aliphatic heterocycles. The monoisotopic (exact) mass is 548 g/mol. The van der Waals surface area contributed by atoms with Gasteiger partial charge in [-0.3, -0.25) is 0 Å². The standard InChI is InChI=1S/C9H3Cl3F16Si/c10-29(11,12)9(27,28)8(25,26)7(23,24)6(21,22)5(19,20)4(17,18)2(13)1-3(14,15)16/h2H,1H2. The van der Waals surface area contributed by atoms with E-state index in [0.717, 1.165) is 0 Å². The fourth-order valence-electron chi connectivity index (χ4n) is 1.51. The molecule has 0 spiro atoms. The van der Waals surface area contributed by atoms with Gasteiger partial charge in [0.15, 0.2) is 6.17 Å². The Morgan fingerprint density at radius 2 is 0.862 bits per heavy atom. The van der Waals surface area contributed by atoms with Gasteiger partial charge < -0.3 is 0 Å². The Morgan fingerprint density at radius 3 is 1.14 bits per heavy atom. The minimum atomic E-state index is -8.27. The van der Waals surface area contributed by atoms with Gasteiger partial charge in [-0.25, -0.2) is 4.39 Å². The molecule has 0 nitrogen and oxygen atoms in total. The predicted molar refractivity (Wildman–Crippen MR) is 68.6 cm³/mol. The number of hydrogen-bond acceptors (Lipinski definition) is 0. The van der Waals surface area contributed by atoms with Crippen LogP contribution in [-0.2, 0) is 0 Å². The number of rotatable bonds is 8. The molecule has 29 heavy (non-hydrogen) atoms. The Morgan fingerprint density at radius 1 is 0.552 bits per heavy atom. The van der Waals surface area contributed by atoms with Crippen molar-refractivity contribution in [2.24, 2.45) is 0 Å². The van der Waals surface area contributed by atoms with Gasteiger partial charge in [0.05, 0.1) is 6.42 Å². The van der Waals surface area contributed by atoms with Gasteiger partial charge in [0, 0.05) is 0 Å². The molecule has 0 fully saturated rings. The molecule has 0 aromatic rings. The highest BCUT2D eigenvalue weighted by Crippen LogP contribution is 2.63. The first kappa shape index (κ1) is 29.0. The molecule has 0 rings (SSSR count). The third-order valence-corrected chi connectivity index (χ3v) is 6.32. The van der Waals surface area contributed by atoms with Crippen molar-refractivity contribution in [3.05, 3.63) is 0 Å². The van der Waals surface area contributed by atoms with Crippen LogP contribution in [0.2, 0.25) is 0 Å². The molecule has 0 heterocycles. The van der Waals surface area contributed by atoms with E-state index >= 15 is 0 Å². The van der Waals surface area contributed by atoms with Crippen molar-refractivity contribution < 1.29 is 70.2 Å². The van der Waals surface area contributed by atoms with Gasteiger partial charge in [-0.1, -0.05) is 0 Å². The Hall–Kier alpha value is -0.0331. The summed E-state index contributed by atoms with van der Waals surface area (Å²) in [7, 11) is 0. The summed E-state index contributed by atoms with van der Waals surface area (Å²) in [5.41, 5.74) is -6.79. The van der Waals surface area contributed by atoms with E-state index in [1.165, 1.54) is 0 Å². The van der Waals surface area contributed by atoms with Gasteiger partial charge >= 0.3 is 47.3 Å². The van der Waals surface area contributed by atoms with Crippen LogP contribution < -0.4 is 0 Å². The topological polar surface area (TPSA) is 0 Å². The number of alkyl halides is 16. The van der Waals surface area contributed by atoms with E-state index in [-0.39, 0.29) is 0 Å². The molecule has 0 aromatic carbocycles. The van der Waals surface area contributed by atoms with Crippen molar-refractivity contribution in [1.29, 1.82) is 0 Å². The average molecular weight is 550 g/mol. The molecule has 0 aliphatic carbocycles. The van der Waals surface area contributed by atoms with E-state index in [0.29, 0.717) is 0 Å². The summed E-state index contributed by atoms with van der Waals surface area (Å²) in [5, 5.41) is 0. The third-order valence-electron chi connectivity index (χ3n) is 3.16. The van der Waals surface area contributed by atoms with Gasteiger partial charge in [-0.2, -0.15) is 65.9 Å². The Bertz CT molecular complexity index is 593. The highest BCUT2D eigenvalue weighted by molar-refractivity contribution is 7.65. The molecule has 0 saturated heterocycles. The fraction of sp³-hybridized carbons (Fsp3) is 1.00. The normalized spacial score (nSPS) is 17.5. The summed E-state index contributed by atoms with van der Waals surface area (Å²) in [6.07, 6.45) is -15.0. The van der Waals surface area contributed by atoms with E-state index in [1.807, 2.05) is 0 Å². The lowest BCUT2D eigenvalue weighted by Gasteiger charge is -2.42. The zero-order valence-electron chi connectivity index (χ0n) is 12.5. The van der Waals surface area contributed by atoms with Crippen molar-refractivity contribution >= 4 is 39.2 Å². The molecular weight excluding hydrogens is 547 g/mol. The molecule has 0 radical (unpaired) electrons. The van der Waals surface area contributed by atoms with Gasteiger partial charge in [0.25, 0.3) is 0 Å². The van der Waals surface area contributed by atoms with Crippen LogP contribution in [0.3, 0.4) is 0 Å². The lowest BCUT2D eigenvalue weighted by Crippen LogP contribution is -2.74. The lowest BCUT2D eigenvalue weighted by atomic mass is 9.91. The third kappa shape index (κ3) is 4.47. The highest BCUT2D eigenvalue weighted by Gasteiger charge is 2.93. The minimum absolute atomic E-state index is 3.61. The van der Waals surface area contributed by atoms with Crippen molar-refractivity contribution in [2.75, 3.05) is 0 Å². The first-order chi connectivity index (χ1) is 12.1. The lowest BCUT2D eigenvalue weighted by molar-refractivity contribution is -0.423. The van der Waals surface area contributed by atoms with Gasteiger partial charge in [-0.15, -0.1) is 33.2 Å². The molecule has 0 aliphatic rings.